The SMILES string of the molecule is Cc1ccc(C(C)C)c(Oc2ccc(N3C[C@@H](C(=O)OCC(=O)c4ccc(C)c(C)c4)CC3=O)cc2)c1. The normalized spacial score (nSPS) is 15.2. The molecule has 37 heavy (non-hydrogen) atoms. The van der Waals surface area contributed by atoms with Crippen LogP contribution in [0.3, 0.4) is 0 Å². The van der Waals surface area contributed by atoms with E-state index in [9.17, 15) is 14.4 Å². The molecule has 0 saturated carbocycles. The summed E-state index contributed by atoms with van der Waals surface area (Å²) in [6.45, 7) is 10.1. The van der Waals surface area contributed by atoms with E-state index in [0.29, 0.717) is 22.9 Å². The van der Waals surface area contributed by atoms with Crippen molar-refractivity contribution in [3.8, 4) is 11.5 Å². The van der Waals surface area contributed by atoms with Crippen LogP contribution in [0.25, 0.3) is 0 Å². The van der Waals surface area contributed by atoms with Crippen LogP contribution in [0.15, 0.2) is 60.7 Å². The second-order valence-corrected chi connectivity index (χ2v) is 10.0. The van der Waals surface area contributed by atoms with Crippen molar-refractivity contribution < 1.29 is 23.9 Å². The first kappa shape index (κ1) is 26.1. The van der Waals surface area contributed by atoms with Gasteiger partial charge in [0.15, 0.2) is 12.4 Å². The highest BCUT2D eigenvalue weighted by molar-refractivity contribution is 6.01. The molecule has 0 radical (unpaired) electrons. The summed E-state index contributed by atoms with van der Waals surface area (Å²) in [5, 5.41) is 0. The summed E-state index contributed by atoms with van der Waals surface area (Å²) in [5.74, 6) is 0.247. The minimum atomic E-state index is -0.614. The van der Waals surface area contributed by atoms with Crippen LogP contribution < -0.4 is 9.64 Å². The number of amides is 1. The van der Waals surface area contributed by atoms with Gasteiger partial charge in [-0.3, -0.25) is 14.4 Å². The average molecular weight is 500 g/mol. The van der Waals surface area contributed by atoms with Crippen LogP contribution in [0.4, 0.5) is 5.69 Å². The van der Waals surface area contributed by atoms with E-state index in [4.69, 9.17) is 9.47 Å². The average Bonchev–Trinajstić information content (AvgIpc) is 3.26. The zero-order valence-corrected chi connectivity index (χ0v) is 22.0. The molecule has 0 aliphatic carbocycles. The van der Waals surface area contributed by atoms with Crippen LogP contribution in [0.1, 0.15) is 58.8 Å². The van der Waals surface area contributed by atoms with Crippen molar-refractivity contribution in [2.75, 3.05) is 18.1 Å². The van der Waals surface area contributed by atoms with Crippen molar-refractivity contribution in [3.63, 3.8) is 0 Å². The number of anilines is 1. The second kappa shape index (κ2) is 11.0. The molecule has 3 aromatic rings. The van der Waals surface area contributed by atoms with Crippen LogP contribution in [0, 0.1) is 26.7 Å². The number of hydrogen-bond donors (Lipinski definition) is 0. The number of benzene rings is 3. The fraction of sp³-hybridized carbons (Fsp3) is 0.323. The van der Waals surface area contributed by atoms with Crippen LogP contribution in [-0.4, -0.2) is 30.8 Å². The molecular weight excluding hydrogens is 466 g/mol. The number of hydrogen-bond acceptors (Lipinski definition) is 5. The lowest BCUT2D eigenvalue weighted by Gasteiger charge is -2.18. The van der Waals surface area contributed by atoms with E-state index in [1.165, 1.54) is 0 Å². The lowest BCUT2D eigenvalue weighted by Crippen LogP contribution is -2.27. The zero-order chi connectivity index (χ0) is 26.7. The number of ketones is 1. The van der Waals surface area contributed by atoms with Gasteiger partial charge in [-0.15, -0.1) is 0 Å². The Morgan fingerprint density at radius 2 is 1.68 bits per heavy atom. The van der Waals surface area contributed by atoms with Gasteiger partial charge in [-0.25, -0.2) is 0 Å². The molecule has 4 rings (SSSR count). The van der Waals surface area contributed by atoms with Gasteiger partial charge < -0.3 is 14.4 Å². The summed E-state index contributed by atoms with van der Waals surface area (Å²) in [6.07, 6.45) is 0.0515. The topological polar surface area (TPSA) is 72.9 Å². The monoisotopic (exact) mass is 499 g/mol. The predicted molar refractivity (Wildman–Crippen MR) is 143 cm³/mol. The molecule has 192 valence electrons. The number of nitrogens with zero attached hydrogens (tertiary/aromatic N) is 1. The van der Waals surface area contributed by atoms with Crippen LogP contribution in [-0.2, 0) is 14.3 Å². The van der Waals surface area contributed by atoms with Gasteiger partial charge >= 0.3 is 5.97 Å². The Labute approximate surface area is 218 Å². The Kier molecular flexibility index (Phi) is 7.77. The first-order chi connectivity index (χ1) is 17.6. The van der Waals surface area contributed by atoms with Gasteiger partial charge in [-0.05, 0) is 85.3 Å². The predicted octanol–water partition coefficient (Wildman–Crippen LogP) is 6.31. The summed E-state index contributed by atoms with van der Waals surface area (Å²) in [5.41, 5.74) is 5.53. The largest absolute Gasteiger partial charge is 0.457 e. The fourth-order valence-electron chi connectivity index (χ4n) is 4.40. The Balaban J connectivity index is 1.36. The highest BCUT2D eigenvalue weighted by Gasteiger charge is 2.36. The molecule has 1 atom stereocenters. The lowest BCUT2D eigenvalue weighted by molar-refractivity contribution is -0.147. The maximum atomic E-state index is 12.7. The van der Waals surface area contributed by atoms with Crippen molar-refractivity contribution in [1.82, 2.24) is 0 Å². The smallest absolute Gasteiger partial charge is 0.311 e. The number of ether oxygens (including phenoxy) is 2. The standard InChI is InChI=1S/C31H33NO5/c1-19(2)27-13-6-20(3)14-29(27)37-26-11-9-25(10-12-26)32-17-24(16-30(32)34)31(35)36-18-28(33)23-8-7-21(4)22(5)15-23/h6-15,19,24H,16-18H2,1-5H3/t24-/m0/s1. The van der Waals surface area contributed by atoms with Crippen molar-refractivity contribution >= 4 is 23.3 Å². The summed E-state index contributed by atoms with van der Waals surface area (Å²) >= 11 is 0. The summed E-state index contributed by atoms with van der Waals surface area (Å²) in [7, 11) is 0. The minimum Gasteiger partial charge on any atom is -0.457 e. The van der Waals surface area contributed by atoms with E-state index in [2.05, 4.69) is 26.0 Å². The van der Waals surface area contributed by atoms with Crippen molar-refractivity contribution in [2.24, 2.45) is 5.92 Å². The minimum absolute atomic E-state index is 0.0515. The highest BCUT2D eigenvalue weighted by atomic mass is 16.5. The van der Waals surface area contributed by atoms with Crippen molar-refractivity contribution in [2.45, 2.75) is 47.0 Å². The molecule has 1 saturated heterocycles. The summed E-state index contributed by atoms with van der Waals surface area (Å²) < 4.78 is 11.4. The molecule has 0 N–H and O–H groups in total. The molecule has 1 aliphatic rings. The first-order valence-electron chi connectivity index (χ1n) is 12.6. The van der Waals surface area contributed by atoms with Gasteiger partial charge in [0.05, 0.1) is 5.92 Å². The summed E-state index contributed by atoms with van der Waals surface area (Å²) in [4.78, 5) is 39.3. The van der Waals surface area contributed by atoms with Gasteiger partial charge in [0, 0.05) is 24.2 Å². The Bertz CT molecular complexity index is 1330. The first-order valence-corrected chi connectivity index (χ1v) is 12.6. The van der Waals surface area contributed by atoms with E-state index in [1.807, 2.05) is 57.2 Å². The molecule has 6 nitrogen and oxygen atoms in total. The van der Waals surface area contributed by atoms with Crippen molar-refractivity contribution in [3.05, 3.63) is 88.5 Å². The Hall–Kier alpha value is -3.93. The molecule has 6 heteroatoms. The number of aryl methyl sites for hydroxylation is 3. The third kappa shape index (κ3) is 6.08. The third-order valence-electron chi connectivity index (χ3n) is 6.80. The van der Waals surface area contributed by atoms with Gasteiger partial charge in [0.1, 0.15) is 11.5 Å². The molecule has 1 fully saturated rings. The maximum absolute atomic E-state index is 12.7. The number of rotatable bonds is 8. The second-order valence-electron chi connectivity index (χ2n) is 10.0. The number of esters is 1. The number of carbonyl (C=O) groups is 3. The molecule has 0 spiro atoms. The van der Waals surface area contributed by atoms with Crippen LogP contribution in [0.2, 0.25) is 0 Å². The van der Waals surface area contributed by atoms with E-state index >= 15 is 0 Å². The molecule has 1 heterocycles. The molecular formula is C31H33NO5. The fourth-order valence-corrected chi connectivity index (χ4v) is 4.40. The van der Waals surface area contributed by atoms with Gasteiger partial charge in [-0.2, -0.15) is 0 Å². The molecule has 1 amide bonds. The molecule has 0 bridgehead atoms. The maximum Gasteiger partial charge on any atom is 0.311 e. The number of Topliss-reactive ketones (excluding diaryl/α,β-unsaturated/α-hetero) is 1. The van der Waals surface area contributed by atoms with Gasteiger partial charge in [0.2, 0.25) is 5.91 Å². The molecule has 3 aromatic carbocycles. The summed E-state index contributed by atoms with van der Waals surface area (Å²) in [6, 6.07) is 18.9. The van der Waals surface area contributed by atoms with E-state index in [0.717, 1.165) is 28.0 Å². The quantitative estimate of drug-likeness (QED) is 0.268. The van der Waals surface area contributed by atoms with Crippen LogP contribution >= 0.6 is 0 Å². The zero-order valence-electron chi connectivity index (χ0n) is 22.0. The highest BCUT2D eigenvalue weighted by Crippen LogP contribution is 2.33. The molecule has 0 aromatic heterocycles. The number of carbonyl (C=O) groups excluding carboxylic acids is 3. The Morgan fingerprint density at radius 1 is 0.946 bits per heavy atom. The lowest BCUT2D eigenvalue weighted by atomic mass is 10.0. The van der Waals surface area contributed by atoms with Gasteiger partial charge in [0.25, 0.3) is 0 Å². The third-order valence-corrected chi connectivity index (χ3v) is 6.80. The van der Waals surface area contributed by atoms with E-state index < -0.39 is 11.9 Å². The molecule has 0 unspecified atom stereocenters. The Morgan fingerprint density at radius 3 is 2.35 bits per heavy atom. The van der Waals surface area contributed by atoms with Gasteiger partial charge in [-0.1, -0.05) is 38.1 Å². The van der Waals surface area contributed by atoms with E-state index in [1.54, 1.807) is 17.0 Å². The van der Waals surface area contributed by atoms with Crippen LogP contribution in [0.5, 0.6) is 11.5 Å². The van der Waals surface area contributed by atoms with E-state index in [-0.39, 0.29) is 31.3 Å². The molecule has 1 aliphatic heterocycles. The van der Waals surface area contributed by atoms with Crippen molar-refractivity contribution in [1.29, 1.82) is 0 Å².